The van der Waals surface area contributed by atoms with E-state index in [1.165, 1.54) is 23.9 Å². The van der Waals surface area contributed by atoms with E-state index in [1.807, 2.05) is 24.3 Å². The van der Waals surface area contributed by atoms with Crippen molar-refractivity contribution in [3.63, 3.8) is 0 Å². The minimum Gasteiger partial charge on any atom is -0.379 e. The fourth-order valence-corrected chi connectivity index (χ4v) is 2.95. The Morgan fingerprint density at radius 3 is 2.68 bits per heavy atom. The number of amides is 1. The summed E-state index contributed by atoms with van der Waals surface area (Å²) in [5.41, 5.74) is 0.835. The SMILES string of the molecule is CC(C)[C@H]1CN(C(=O)Cn2ccc(=O)n(C)c2=O)c2ccccc2N1. The van der Waals surface area contributed by atoms with Crippen molar-refractivity contribution < 1.29 is 4.79 Å². The highest BCUT2D eigenvalue weighted by molar-refractivity contribution is 5.97. The molecule has 7 heteroatoms. The summed E-state index contributed by atoms with van der Waals surface area (Å²) in [4.78, 5) is 38.3. The van der Waals surface area contributed by atoms with Gasteiger partial charge < -0.3 is 10.2 Å². The van der Waals surface area contributed by atoms with Gasteiger partial charge in [-0.2, -0.15) is 0 Å². The predicted molar refractivity (Wildman–Crippen MR) is 97.0 cm³/mol. The van der Waals surface area contributed by atoms with Gasteiger partial charge in [0, 0.05) is 31.9 Å². The summed E-state index contributed by atoms with van der Waals surface area (Å²) in [6.07, 6.45) is 1.37. The molecule has 1 aliphatic heterocycles. The van der Waals surface area contributed by atoms with Gasteiger partial charge in [0.15, 0.2) is 0 Å². The molecule has 0 radical (unpaired) electrons. The van der Waals surface area contributed by atoms with E-state index < -0.39 is 5.69 Å². The maximum Gasteiger partial charge on any atom is 0.331 e. The van der Waals surface area contributed by atoms with Crippen molar-refractivity contribution >= 4 is 17.3 Å². The number of hydrogen-bond acceptors (Lipinski definition) is 4. The van der Waals surface area contributed by atoms with E-state index in [4.69, 9.17) is 0 Å². The zero-order chi connectivity index (χ0) is 18.1. The lowest BCUT2D eigenvalue weighted by Gasteiger charge is -2.37. The molecule has 1 aromatic heterocycles. The van der Waals surface area contributed by atoms with Gasteiger partial charge in [-0.05, 0) is 18.1 Å². The molecule has 132 valence electrons. The number of rotatable bonds is 3. The van der Waals surface area contributed by atoms with Crippen LogP contribution in [0.3, 0.4) is 0 Å². The first kappa shape index (κ1) is 17.0. The van der Waals surface area contributed by atoms with E-state index in [0.29, 0.717) is 12.5 Å². The topological polar surface area (TPSA) is 76.3 Å². The van der Waals surface area contributed by atoms with E-state index in [9.17, 15) is 14.4 Å². The lowest BCUT2D eigenvalue weighted by molar-refractivity contribution is -0.119. The second-order valence-electron chi connectivity index (χ2n) is 6.64. The second kappa shape index (κ2) is 6.58. The number of nitrogens with one attached hydrogen (secondary N) is 1. The predicted octanol–water partition coefficient (Wildman–Crippen LogP) is 1.03. The number of fused-ring (bicyclic) bond motifs is 1. The Kier molecular flexibility index (Phi) is 4.48. The Morgan fingerprint density at radius 1 is 1.24 bits per heavy atom. The summed E-state index contributed by atoms with van der Waals surface area (Å²) < 4.78 is 2.26. The number of carbonyl (C=O) groups excluding carboxylic acids is 1. The number of aromatic nitrogens is 2. The molecule has 1 amide bonds. The fourth-order valence-electron chi connectivity index (χ4n) is 2.95. The van der Waals surface area contributed by atoms with E-state index in [1.54, 1.807) is 4.90 Å². The molecule has 0 bridgehead atoms. The van der Waals surface area contributed by atoms with Gasteiger partial charge in [-0.15, -0.1) is 0 Å². The number of anilines is 2. The molecule has 1 N–H and O–H groups in total. The highest BCUT2D eigenvalue weighted by atomic mass is 16.2. The van der Waals surface area contributed by atoms with E-state index in [-0.39, 0.29) is 24.1 Å². The highest BCUT2D eigenvalue weighted by Crippen LogP contribution is 2.32. The molecule has 0 unspecified atom stereocenters. The number of para-hydroxylation sites is 2. The number of benzene rings is 1. The van der Waals surface area contributed by atoms with Crippen LogP contribution in [0.15, 0.2) is 46.1 Å². The highest BCUT2D eigenvalue weighted by Gasteiger charge is 2.29. The molecule has 0 saturated carbocycles. The van der Waals surface area contributed by atoms with Crippen LogP contribution in [0.4, 0.5) is 11.4 Å². The Bertz CT molecular complexity index is 913. The molecular weight excluding hydrogens is 320 g/mol. The molecule has 7 nitrogen and oxygen atoms in total. The Morgan fingerprint density at radius 2 is 1.96 bits per heavy atom. The average molecular weight is 342 g/mol. The van der Waals surface area contributed by atoms with Gasteiger partial charge in [0.1, 0.15) is 6.54 Å². The van der Waals surface area contributed by atoms with E-state index in [2.05, 4.69) is 19.2 Å². The summed E-state index contributed by atoms with van der Waals surface area (Å²) >= 11 is 0. The summed E-state index contributed by atoms with van der Waals surface area (Å²) in [5.74, 6) is 0.171. The van der Waals surface area contributed by atoms with Crippen LogP contribution in [-0.4, -0.2) is 27.6 Å². The average Bonchev–Trinajstić information content (AvgIpc) is 2.61. The van der Waals surface area contributed by atoms with Crippen LogP contribution in [0.25, 0.3) is 0 Å². The van der Waals surface area contributed by atoms with Crippen LogP contribution < -0.4 is 21.5 Å². The molecule has 1 atom stereocenters. The van der Waals surface area contributed by atoms with Gasteiger partial charge in [-0.25, -0.2) is 4.79 Å². The normalized spacial score (nSPS) is 16.5. The first-order chi connectivity index (χ1) is 11.9. The Balaban J connectivity index is 1.92. The van der Waals surface area contributed by atoms with Crippen molar-refractivity contribution in [2.45, 2.75) is 26.4 Å². The van der Waals surface area contributed by atoms with Crippen molar-refractivity contribution in [2.75, 3.05) is 16.8 Å². The molecule has 3 rings (SSSR count). The molecular formula is C18H22N4O3. The van der Waals surface area contributed by atoms with Gasteiger partial charge in [0.2, 0.25) is 5.91 Å². The lowest BCUT2D eigenvalue weighted by Crippen LogP contribution is -2.49. The van der Waals surface area contributed by atoms with Crippen LogP contribution in [-0.2, 0) is 18.4 Å². The maximum absolute atomic E-state index is 12.9. The first-order valence-corrected chi connectivity index (χ1v) is 8.31. The summed E-state index contributed by atoms with van der Waals surface area (Å²) in [6, 6.07) is 9.07. The zero-order valence-corrected chi connectivity index (χ0v) is 14.6. The molecule has 1 aliphatic rings. The van der Waals surface area contributed by atoms with Gasteiger partial charge in [-0.3, -0.25) is 18.7 Å². The van der Waals surface area contributed by atoms with Gasteiger partial charge in [-0.1, -0.05) is 26.0 Å². The first-order valence-electron chi connectivity index (χ1n) is 8.31. The molecule has 25 heavy (non-hydrogen) atoms. The molecule has 0 saturated heterocycles. The lowest BCUT2D eigenvalue weighted by atomic mass is 10.00. The maximum atomic E-state index is 12.9. The van der Waals surface area contributed by atoms with Crippen LogP contribution in [0.5, 0.6) is 0 Å². The van der Waals surface area contributed by atoms with E-state index in [0.717, 1.165) is 15.9 Å². The summed E-state index contributed by atoms with van der Waals surface area (Å²) in [6.45, 7) is 4.64. The van der Waals surface area contributed by atoms with Gasteiger partial charge in [0.05, 0.1) is 11.4 Å². The number of carbonyl (C=O) groups is 1. The van der Waals surface area contributed by atoms with Crippen LogP contribution in [0.1, 0.15) is 13.8 Å². The molecule has 2 aromatic rings. The second-order valence-corrected chi connectivity index (χ2v) is 6.64. The summed E-state index contributed by atoms with van der Waals surface area (Å²) in [5, 5.41) is 3.47. The largest absolute Gasteiger partial charge is 0.379 e. The third-order valence-corrected chi connectivity index (χ3v) is 4.59. The van der Waals surface area contributed by atoms with E-state index >= 15 is 0 Å². The third-order valence-electron chi connectivity index (χ3n) is 4.59. The monoisotopic (exact) mass is 342 g/mol. The minimum atomic E-state index is -0.496. The Hall–Kier alpha value is -2.83. The number of hydrogen-bond donors (Lipinski definition) is 1. The standard InChI is InChI=1S/C18H22N4O3/c1-12(2)14-10-22(15-7-5-4-6-13(15)19-14)17(24)11-21-9-8-16(23)20(3)18(21)25/h4-9,12,14,19H,10-11H2,1-3H3/t14-/m1/s1. The Labute approximate surface area is 145 Å². The van der Waals surface area contributed by atoms with Crippen LogP contribution >= 0.6 is 0 Å². The zero-order valence-electron chi connectivity index (χ0n) is 14.6. The van der Waals surface area contributed by atoms with Gasteiger partial charge in [0.25, 0.3) is 5.56 Å². The fraction of sp³-hybridized carbons (Fsp3) is 0.389. The molecule has 1 aromatic carbocycles. The molecule has 2 heterocycles. The molecule has 0 spiro atoms. The van der Waals surface area contributed by atoms with Crippen molar-refractivity contribution in [1.82, 2.24) is 9.13 Å². The van der Waals surface area contributed by atoms with Gasteiger partial charge >= 0.3 is 5.69 Å². The smallest absolute Gasteiger partial charge is 0.331 e. The quantitative estimate of drug-likeness (QED) is 0.904. The van der Waals surface area contributed by atoms with Crippen LogP contribution in [0, 0.1) is 5.92 Å². The molecule has 0 aliphatic carbocycles. The van der Waals surface area contributed by atoms with Crippen molar-refractivity contribution in [3.8, 4) is 0 Å². The third kappa shape index (κ3) is 3.22. The van der Waals surface area contributed by atoms with Crippen molar-refractivity contribution in [1.29, 1.82) is 0 Å². The number of nitrogens with zero attached hydrogens (tertiary/aromatic N) is 3. The van der Waals surface area contributed by atoms with Crippen molar-refractivity contribution in [2.24, 2.45) is 13.0 Å². The summed E-state index contributed by atoms with van der Waals surface area (Å²) in [7, 11) is 1.40. The van der Waals surface area contributed by atoms with Crippen molar-refractivity contribution in [3.05, 3.63) is 57.4 Å². The molecule has 0 fully saturated rings. The van der Waals surface area contributed by atoms with Crippen LogP contribution in [0.2, 0.25) is 0 Å². The minimum absolute atomic E-state index is 0.105.